The number of rotatable bonds is 6. The molecule has 1 N–H and O–H groups in total. The highest BCUT2D eigenvalue weighted by molar-refractivity contribution is 7.89. The van der Waals surface area contributed by atoms with Gasteiger partial charge in [0.15, 0.2) is 0 Å². The van der Waals surface area contributed by atoms with Gasteiger partial charge in [-0.2, -0.15) is 0 Å². The molecule has 10 heteroatoms. The van der Waals surface area contributed by atoms with Crippen LogP contribution in [-0.2, 0) is 15.6 Å². The minimum atomic E-state index is -3.62. The van der Waals surface area contributed by atoms with E-state index in [1.807, 2.05) is 6.07 Å². The molecule has 180 valence electrons. The monoisotopic (exact) mass is 511 g/mol. The van der Waals surface area contributed by atoms with Crippen molar-refractivity contribution in [3.05, 3.63) is 93.4 Å². The van der Waals surface area contributed by atoms with Crippen LogP contribution in [0.4, 0.5) is 0 Å². The lowest BCUT2D eigenvalue weighted by molar-refractivity contribution is 0.0696. The zero-order chi connectivity index (χ0) is 25.1. The van der Waals surface area contributed by atoms with Crippen LogP contribution in [0.5, 0.6) is 0 Å². The average molecular weight is 512 g/mol. The van der Waals surface area contributed by atoms with E-state index < -0.39 is 21.5 Å². The number of sulfonamides is 1. The second-order valence-corrected chi connectivity index (χ2v) is 11.4. The van der Waals surface area contributed by atoms with Crippen molar-refractivity contribution >= 4 is 38.6 Å². The Labute approximate surface area is 206 Å². The molecule has 5 rings (SSSR count). The predicted octanol–water partition coefficient (Wildman–Crippen LogP) is 3.93. The molecule has 0 spiro atoms. The number of imidazole rings is 1. The van der Waals surface area contributed by atoms with E-state index in [4.69, 9.17) is 11.6 Å². The van der Waals surface area contributed by atoms with Crippen molar-refractivity contribution in [2.45, 2.75) is 23.3 Å². The zero-order valence-corrected chi connectivity index (χ0v) is 20.5. The molecule has 1 saturated carbocycles. The van der Waals surface area contributed by atoms with Gasteiger partial charge in [-0.1, -0.05) is 23.7 Å². The maximum absolute atomic E-state index is 13.9. The molecule has 0 bridgehead atoms. The first-order chi connectivity index (χ1) is 16.6. The molecule has 1 fully saturated rings. The minimum Gasteiger partial charge on any atom is -0.478 e. The number of halogens is 1. The van der Waals surface area contributed by atoms with Crippen LogP contribution >= 0.6 is 11.6 Å². The second-order valence-electron chi connectivity index (χ2n) is 8.79. The summed E-state index contributed by atoms with van der Waals surface area (Å²) < 4.78 is 29.3. The van der Waals surface area contributed by atoms with Gasteiger partial charge in [-0.3, -0.25) is 9.13 Å². The summed E-state index contributed by atoms with van der Waals surface area (Å²) in [5.41, 5.74) is 1.65. The van der Waals surface area contributed by atoms with Gasteiger partial charge in [-0.05, 0) is 73.0 Å². The summed E-state index contributed by atoms with van der Waals surface area (Å²) in [4.78, 5) is 25.6. The quantitative estimate of drug-likeness (QED) is 0.422. The van der Waals surface area contributed by atoms with Crippen molar-refractivity contribution in [2.24, 2.45) is 0 Å². The highest BCUT2D eigenvalue weighted by Gasteiger charge is 2.49. The van der Waals surface area contributed by atoms with Gasteiger partial charge in [0.05, 0.1) is 32.7 Å². The van der Waals surface area contributed by atoms with Crippen LogP contribution in [0.1, 0.15) is 28.8 Å². The van der Waals surface area contributed by atoms with E-state index in [2.05, 4.69) is 0 Å². The molecule has 0 radical (unpaired) electrons. The molecule has 35 heavy (non-hydrogen) atoms. The number of carboxylic acids is 1. The number of benzene rings is 3. The van der Waals surface area contributed by atoms with Crippen LogP contribution in [0.25, 0.3) is 16.7 Å². The van der Waals surface area contributed by atoms with E-state index in [9.17, 15) is 23.1 Å². The Balaban J connectivity index is 1.72. The highest BCUT2D eigenvalue weighted by Crippen LogP contribution is 2.50. The molecular weight excluding hydrogens is 490 g/mol. The van der Waals surface area contributed by atoms with Gasteiger partial charge in [0.25, 0.3) is 0 Å². The Hall–Kier alpha value is -3.40. The van der Waals surface area contributed by atoms with Crippen LogP contribution < -0.4 is 5.69 Å². The third-order valence-corrected chi connectivity index (χ3v) is 8.54. The van der Waals surface area contributed by atoms with E-state index in [0.717, 1.165) is 9.87 Å². The molecule has 1 aliphatic rings. The average Bonchev–Trinajstić information content (AvgIpc) is 3.57. The zero-order valence-electron chi connectivity index (χ0n) is 19.0. The number of hydrogen-bond acceptors (Lipinski definition) is 4. The van der Waals surface area contributed by atoms with E-state index >= 15 is 0 Å². The van der Waals surface area contributed by atoms with Crippen molar-refractivity contribution in [1.29, 1.82) is 0 Å². The lowest BCUT2D eigenvalue weighted by Gasteiger charge is -2.18. The fourth-order valence-electron chi connectivity index (χ4n) is 4.51. The Kier molecular flexibility index (Phi) is 5.39. The van der Waals surface area contributed by atoms with Crippen LogP contribution in [0.15, 0.2) is 76.4 Å². The van der Waals surface area contributed by atoms with Gasteiger partial charge in [0, 0.05) is 19.1 Å². The summed E-state index contributed by atoms with van der Waals surface area (Å²) in [5.74, 6) is -1.03. The summed E-state index contributed by atoms with van der Waals surface area (Å²) in [7, 11) is -0.706. The molecule has 0 unspecified atom stereocenters. The van der Waals surface area contributed by atoms with Gasteiger partial charge in [-0.25, -0.2) is 22.3 Å². The standard InChI is InChI=1S/C25H22ClN3O5S/c1-27(2)35(33,34)20-9-7-19(8-10-20)28-22-15-18(26)6-11-21(22)29(24(28)32)25(12-13-25)17-5-3-4-16(14-17)23(30)31/h3-11,14-15H,12-13H2,1-2H3,(H,30,31). The van der Waals surface area contributed by atoms with Gasteiger partial charge < -0.3 is 5.11 Å². The molecule has 0 amide bonds. The molecule has 1 aromatic heterocycles. The largest absolute Gasteiger partial charge is 0.478 e. The number of aromatic nitrogens is 2. The number of hydrogen-bond donors (Lipinski definition) is 1. The van der Waals surface area contributed by atoms with Crippen LogP contribution in [0, 0.1) is 0 Å². The summed E-state index contributed by atoms with van der Waals surface area (Å²) in [6.07, 6.45) is 1.36. The van der Waals surface area contributed by atoms with Crippen LogP contribution in [0.3, 0.4) is 0 Å². The maximum Gasteiger partial charge on any atom is 0.335 e. The smallest absolute Gasteiger partial charge is 0.335 e. The van der Waals surface area contributed by atoms with E-state index in [1.54, 1.807) is 47.0 Å². The molecular formula is C25H22ClN3O5S. The lowest BCUT2D eigenvalue weighted by atomic mass is 10.0. The molecule has 0 saturated heterocycles. The van der Waals surface area contributed by atoms with Crippen molar-refractivity contribution in [3.8, 4) is 5.69 Å². The SMILES string of the molecule is CN(C)S(=O)(=O)c1ccc(-n2c(=O)n(C3(c4cccc(C(=O)O)c4)CC3)c3ccc(Cl)cc32)cc1. The number of nitrogens with zero attached hydrogens (tertiary/aromatic N) is 3. The van der Waals surface area contributed by atoms with Crippen molar-refractivity contribution in [1.82, 2.24) is 13.4 Å². The molecule has 3 aromatic carbocycles. The number of aromatic carboxylic acids is 1. The first-order valence-electron chi connectivity index (χ1n) is 10.9. The normalized spacial score (nSPS) is 15.0. The fourth-order valence-corrected chi connectivity index (χ4v) is 5.58. The Morgan fingerprint density at radius 2 is 1.69 bits per heavy atom. The topological polar surface area (TPSA) is 102 Å². The Morgan fingerprint density at radius 1 is 1.00 bits per heavy atom. The summed E-state index contributed by atoms with van der Waals surface area (Å²) >= 11 is 6.29. The van der Waals surface area contributed by atoms with Gasteiger partial charge in [0.2, 0.25) is 10.0 Å². The number of carbonyl (C=O) groups is 1. The van der Waals surface area contributed by atoms with Crippen molar-refractivity contribution in [2.75, 3.05) is 14.1 Å². The third kappa shape index (κ3) is 3.67. The Morgan fingerprint density at radius 3 is 2.29 bits per heavy atom. The summed E-state index contributed by atoms with van der Waals surface area (Å²) in [6, 6.07) is 18.0. The molecule has 8 nitrogen and oxygen atoms in total. The minimum absolute atomic E-state index is 0.116. The molecule has 0 atom stereocenters. The lowest BCUT2D eigenvalue weighted by Crippen LogP contribution is -2.32. The molecule has 1 aliphatic carbocycles. The number of fused-ring (bicyclic) bond motifs is 1. The van der Waals surface area contributed by atoms with E-state index in [-0.39, 0.29) is 16.1 Å². The summed E-state index contributed by atoms with van der Waals surface area (Å²) in [5, 5.41) is 9.91. The maximum atomic E-state index is 13.9. The van der Waals surface area contributed by atoms with Crippen molar-refractivity contribution < 1.29 is 18.3 Å². The Bertz CT molecular complexity index is 1650. The highest BCUT2D eigenvalue weighted by atomic mass is 35.5. The van der Waals surface area contributed by atoms with Crippen molar-refractivity contribution in [3.63, 3.8) is 0 Å². The predicted molar refractivity (Wildman–Crippen MR) is 133 cm³/mol. The molecule has 1 heterocycles. The van der Waals surface area contributed by atoms with Gasteiger partial charge in [-0.15, -0.1) is 0 Å². The van der Waals surface area contributed by atoms with Gasteiger partial charge in [0.1, 0.15) is 0 Å². The first-order valence-corrected chi connectivity index (χ1v) is 12.7. The molecule has 0 aliphatic heterocycles. The second kappa shape index (κ2) is 8.08. The molecule has 4 aromatic rings. The van der Waals surface area contributed by atoms with Gasteiger partial charge >= 0.3 is 11.7 Å². The van der Waals surface area contributed by atoms with E-state index in [0.29, 0.717) is 34.6 Å². The fraction of sp³-hybridized carbons (Fsp3) is 0.200. The van der Waals surface area contributed by atoms with E-state index in [1.165, 1.54) is 36.9 Å². The number of carboxylic acid groups (broad SMARTS) is 1. The third-order valence-electron chi connectivity index (χ3n) is 6.47. The van der Waals surface area contributed by atoms with Crippen LogP contribution in [-0.4, -0.2) is 47.0 Å². The van der Waals surface area contributed by atoms with Crippen LogP contribution in [0.2, 0.25) is 5.02 Å². The first kappa shape index (κ1) is 23.3. The summed E-state index contributed by atoms with van der Waals surface area (Å²) in [6.45, 7) is 0.